The molecule has 100 valence electrons. The number of nitrogens with one attached hydrogen (secondary N) is 3. The summed E-state index contributed by atoms with van der Waals surface area (Å²) in [7, 11) is 0. The van der Waals surface area contributed by atoms with Crippen LogP contribution in [0.1, 0.15) is 26.7 Å². The Morgan fingerprint density at radius 1 is 1.35 bits per heavy atom. The average molecular weight is 264 g/mol. The summed E-state index contributed by atoms with van der Waals surface area (Å²) in [6, 6.07) is -0.463. The molecule has 5 nitrogen and oxygen atoms in total. The lowest BCUT2D eigenvalue weighted by molar-refractivity contribution is -0.128. The summed E-state index contributed by atoms with van der Waals surface area (Å²) in [6.45, 7) is 5.32. The van der Waals surface area contributed by atoms with Crippen molar-refractivity contribution in [1.82, 2.24) is 16.0 Å². The van der Waals surface area contributed by atoms with Crippen molar-refractivity contribution in [2.45, 2.75) is 32.7 Å². The molecule has 0 radical (unpaired) electrons. The predicted octanol–water partition coefficient (Wildman–Crippen LogP) is 0.0486. The number of halogens is 1. The van der Waals surface area contributed by atoms with Crippen LogP contribution in [-0.4, -0.2) is 37.5 Å². The Morgan fingerprint density at radius 3 is 2.53 bits per heavy atom. The van der Waals surface area contributed by atoms with Crippen molar-refractivity contribution in [3.8, 4) is 0 Å². The smallest absolute Gasteiger partial charge is 0.242 e. The minimum atomic E-state index is -0.463. The molecule has 1 unspecified atom stereocenters. The van der Waals surface area contributed by atoms with Gasteiger partial charge in [0.15, 0.2) is 0 Å². The normalized spacial score (nSPS) is 15.6. The Hall–Kier alpha value is -0.810. The Morgan fingerprint density at radius 2 is 2.00 bits per heavy atom. The summed E-state index contributed by atoms with van der Waals surface area (Å²) in [5, 5.41) is 8.39. The van der Waals surface area contributed by atoms with E-state index in [-0.39, 0.29) is 24.2 Å². The fraction of sp³-hybridized carbons (Fsp3) is 0.818. The quantitative estimate of drug-likeness (QED) is 0.608. The highest BCUT2D eigenvalue weighted by atomic mass is 35.5. The van der Waals surface area contributed by atoms with Crippen LogP contribution in [0.2, 0.25) is 0 Å². The molecule has 17 heavy (non-hydrogen) atoms. The lowest BCUT2D eigenvalue weighted by atomic mass is 10.3. The minimum Gasteiger partial charge on any atom is -0.355 e. The van der Waals surface area contributed by atoms with Gasteiger partial charge in [0, 0.05) is 6.54 Å². The molecule has 1 rings (SSSR count). The van der Waals surface area contributed by atoms with Gasteiger partial charge in [-0.3, -0.25) is 9.59 Å². The van der Waals surface area contributed by atoms with E-state index in [0.717, 1.165) is 12.5 Å². The van der Waals surface area contributed by atoms with E-state index in [1.165, 1.54) is 12.8 Å². The Labute approximate surface area is 109 Å². The molecular formula is C11H22ClN3O2. The topological polar surface area (TPSA) is 70.2 Å². The summed E-state index contributed by atoms with van der Waals surface area (Å²) in [4.78, 5) is 22.7. The maximum Gasteiger partial charge on any atom is 0.242 e. The summed E-state index contributed by atoms with van der Waals surface area (Å²) in [6.07, 6.45) is 2.54. The third-order valence-electron chi connectivity index (χ3n) is 2.54. The van der Waals surface area contributed by atoms with Crippen molar-refractivity contribution >= 4 is 24.2 Å². The standard InChI is InChI=1S/C11H21N3O2.ClH/c1-3-13-11(16)8(2)14-10(15)7-12-6-9-4-5-9;/h8-9,12H,3-7H2,1-2H3,(H,13,16)(H,14,15);1H. The SMILES string of the molecule is CCNC(=O)C(C)NC(=O)CNCC1CC1.Cl. The molecule has 0 aromatic carbocycles. The summed E-state index contributed by atoms with van der Waals surface area (Å²) in [5.41, 5.74) is 0. The van der Waals surface area contributed by atoms with Crippen LogP contribution < -0.4 is 16.0 Å². The maximum absolute atomic E-state index is 11.4. The van der Waals surface area contributed by atoms with Crippen LogP contribution in [0.3, 0.4) is 0 Å². The van der Waals surface area contributed by atoms with Gasteiger partial charge in [-0.2, -0.15) is 0 Å². The van der Waals surface area contributed by atoms with Gasteiger partial charge in [-0.15, -0.1) is 12.4 Å². The molecule has 0 spiro atoms. The fourth-order valence-corrected chi connectivity index (χ4v) is 1.40. The predicted molar refractivity (Wildman–Crippen MR) is 69.1 cm³/mol. The van der Waals surface area contributed by atoms with Gasteiger partial charge >= 0.3 is 0 Å². The van der Waals surface area contributed by atoms with Gasteiger partial charge in [-0.25, -0.2) is 0 Å². The minimum absolute atomic E-state index is 0. The van der Waals surface area contributed by atoms with E-state index >= 15 is 0 Å². The molecule has 0 bridgehead atoms. The van der Waals surface area contributed by atoms with Crippen LogP contribution in [0.4, 0.5) is 0 Å². The van der Waals surface area contributed by atoms with E-state index in [9.17, 15) is 9.59 Å². The summed E-state index contributed by atoms with van der Waals surface area (Å²) in [5.74, 6) is 0.492. The monoisotopic (exact) mass is 263 g/mol. The number of hydrogen-bond acceptors (Lipinski definition) is 3. The Balaban J connectivity index is 0.00000256. The average Bonchev–Trinajstić information content (AvgIpc) is 3.02. The number of amides is 2. The highest BCUT2D eigenvalue weighted by Gasteiger charge is 2.21. The Kier molecular flexibility index (Phi) is 7.91. The van der Waals surface area contributed by atoms with Gasteiger partial charge in [0.05, 0.1) is 6.54 Å². The van der Waals surface area contributed by atoms with Crippen LogP contribution in [0.25, 0.3) is 0 Å². The van der Waals surface area contributed by atoms with Crippen molar-refractivity contribution in [3.05, 3.63) is 0 Å². The third kappa shape index (κ3) is 7.18. The molecule has 3 N–H and O–H groups in total. The van der Waals surface area contributed by atoms with E-state index in [4.69, 9.17) is 0 Å². The molecule has 0 aromatic heterocycles. The van der Waals surface area contributed by atoms with Crippen LogP contribution >= 0.6 is 12.4 Å². The van der Waals surface area contributed by atoms with Gasteiger partial charge < -0.3 is 16.0 Å². The largest absolute Gasteiger partial charge is 0.355 e. The zero-order valence-electron chi connectivity index (χ0n) is 10.4. The molecular weight excluding hydrogens is 242 g/mol. The second kappa shape index (κ2) is 8.31. The molecule has 1 atom stereocenters. The molecule has 2 amide bonds. The van der Waals surface area contributed by atoms with Gasteiger partial charge in [-0.1, -0.05) is 0 Å². The molecule has 1 aliphatic rings. The summed E-state index contributed by atoms with van der Waals surface area (Å²) < 4.78 is 0. The third-order valence-corrected chi connectivity index (χ3v) is 2.54. The first-order valence-electron chi connectivity index (χ1n) is 5.91. The number of likely N-dealkylation sites (N-methyl/N-ethyl adjacent to an activating group) is 1. The van der Waals surface area contributed by atoms with E-state index in [2.05, 4.69) is 16.0 Å². The highest BCUT2D eigenvalue weighted by Crippen LogP contribution is 2.27. The zero-order chi connectivity index (χ0) is 12.0. The van der Waals surface area contributed by atoms with E-state index in [1.54, 1.807) is 6.92 Å². The van der Waals surface area contributed by atoms with Gasteiger partial charge in [0.1, 0.15) is 6.04 Å². The lowest BCUT2D eigenvalue weighted by Crippen LogP contribution is -2.47. The van der Waals surface area contributed by atoms with Gasteiger partial charge in [0.25, 0.3) is 0 Å². The van der Waals surface area contributed by atoms with Gasteiger partial charge in [0.2, 0.25) is 11.8 Å². The van der Waals surface area contributed by atoms with Crippen molar-refractivity contribution in [2.24, 2.45) is 5.92 Å². The van der Waals surface area contributed by atoms with E-state index in [1.807, 2.05) is 6.92 Å². The van der Waals surface area contributed by atoms with Crippen molar-refractivity contribution in [2.75, 3.05) is 19.6 Å². The van der Waals surface area contributed by atoms with Crippen molar-refractivity contribution in [1.29, 1.82) is 0 Å². The zero-order valence-corrected chi connectivity index (χ0v) is 11.2. The molecule has 1 aliphatic carbocycles. The van der Waals surface area contributed by atoms with Crippen molar-refractivity contribution < 1.29 is 9.59 Å². The van der Waals surface area contributed by atoms with E-state index < -0.39 is 6.04 Å². The van der Waals surface area contributed by atoms with Crippen LogP contribution in [0.5, 0.6) is 0 Å². The lowest BCUT2D eigenvalue weighted by Gasteiger charge is -2.13. The van der Waals surface area contributed by atoms with E-state index in [0.29, 0.717) is 13.1 Å². The number of carbonyl (C=O) groups excluding carboxylic acids is 2. The molecule has 0 heterocycles. The number of rotatable bonds is 7. The Bertz CT molecular complexity index is 257. The summed E-state index contributed by atoms with van der Waals surface area (Å²) >= 11 is 0. The van der Waals surface area contributed by atoms with Gasteiger partial charge in [-0.05, 0) is 39.2 Å². The molecule has 0 aliphatic heterocycles. The van der Waals surface area contributed by atoms with Crippen LogP contribution in [-0.2, 0) is 9.59 Å². The van der Waals surface area contributed by atoms with Crippen LogP contribution in [0, 0.1) is 5.92 Å². The number of carbonyl (C=O) groups is 2. The first-order valence-corrected chi connectivity index (χ1v) is 5.91. The fourth-order valence-electron chi connectivity index (χ4n) is 1.40. The maximum atomic E-state index is 11.4. The van der Waals surface area contributed by atoms with Crippen LogP contribution in [0.15, 0.2) is 0 Å². The first kappa shape index (κ1) is 16.2. The molecule has 1 fully saturated rings. The second-order valence-electron chi connectivity index (χ2n) is 4.26. The molecule has 1 saturated carbocycles. The molecule has 0 saturated heterocycles. The second-order valence-corrected chi connectivity index (χ2v) is 4.26. The van der Waals surface area contributed by atoms with Crippen molar-refractivity contribution in [3.63, 3.8) is 0 Å². The number of hydrogen-bond donors (Lipinski definition) is 3. The first-order chi connectivity index (χ1) is 7.63. The molecule has 0 aromatic rings. The molecule has 6 heteroatoms. The highest BCUT2D eigenvalue weighted by molar-refractivity contribution is 5.87.